The Labute approximate surface area is 135 Å². The molecule has 0 bridgehead atoms. The summed E-state index contributed by atoms with van der Waals surface area (Å²) in [6, 6.07) is 14.1. The molecule has 0 heterocycles. The van der Waals surface area contributed by atoms with Gasteiger partial charge in [-0.15, -0.1) is 0 Å². The molecule has 0 aliphatic heterocycles. The average Bonchev–Trinajstić information content (AvgIpc) is 2.41. The molecule has 0 aliphatic rings. The Balaban J connectivity index is 2.09. The molecule has 2 rings (SSSR count). The Bertz CT molecular complexity index is 542. The fourth-order valence-electron chi connectivity index (χ4n) is 1.63. The van der Waals surface area contributed by atoms with Crippen LogP contribution in [0.1, 0.15) is 12.5 Å². The second-order valence-corrected chi connectivity index (χ2v) is 6.19. The van der Waals surface area contributed by atoms with E-state index >= 15 is 0 Å². The van der Waals surface area contributed by atoms with Crippen LogP contribution in [0.15, 0.2) is 46.9 Å². The molecule has 0 amide bonds. The normalized spacial score (nSPS) is 10.5. The monoisotopic (exact) mass is 431 g/mol. The summed E-state index contributed by atoms with van der Waals surface area (Å²) in [6.45, 7) is 3.93. The summed E-state index contributed by atoms with van der Waals surface area (Å²) in [5, 5.41) is 3.31. The van der Waals surface area contributed by atoms with Gasteiger partial charge in [-0.05, 0) is 71.1 Å². The molecule has 2 aromatic carbocycles. The number of ether oxygens (including phenoxy) is 1. The second kappa shape index (κ2) is 7.26. The van der Waals surface area contributed by atoms with E-state index in [1.54, 1.807) is 0 Å². The maximum absolute atomic E-state index is 5.82. The van der Waals surface area contributed by atoms with E-state index in [2.05, 4.69) is 56.8 Å². The van der Waals surface area contributed by atoms with Crippen LogP contribution in [0.3, 0.4) is 0 Å². The maximum atomic E-state index is 5.82. The number of hydrogen-bond donors (Lipinski definition) is 1. The van der Waals surface area contributed by atoms with Crippen LogP contribution in [-0.4, -0.2) is 6.54 Å². The SMILES string of the molecule is CCNCc1ccc(Oc2ccc(I)cc2)cc1Br. The Kier molecular flexibility index (Phi) is 5.66. The first-order valence-electron chi connectivity index (χ1n) is 6.11. The van der Waals surface area contributed by atoms with Crippen LogP contribution in [0.5, 0.6) is 11.5 Å². The van der Waals surface area contributed by atoms with Gasteiger partial charge in [-0.2, -0.15) is 0 Å². The topological polar surface area (TPSA) is 21.3 Å². The quantitative estimate of drug-likeness (QED) is 0.676. The minimum absolute atomic E-state index is 0.841. The summed E-state index contributed by atoms with van der Waals surface area (Å²) < 4.78 is 8.09. The highest BCUT2D eigenvalue weighted by Gasteiger charge is 2.03. The zero-order valence-electron chi connectivity index (χ0n) is 10.6. The largest absolute Gasteiger partial charge is 0.457 e. The van der Waals surface area contributed by atoms with Crippen molar-refractivity contribution in [2.45, 2.75) is 13.5 Å². The van der Waals surface area contributed by atoms with Crippen LogP contribution in [0, 0.1) is 3.57 Å². The molecule has 1 N–H and O–H groups in total. The second-order valence-electron chi connectivity index (χ2n) is 4.09. The van der Waals surface area contributed by atoms with Crippen LogP contribution < -0.4 is 10.1 Å². The fraction of sp³-hybridized carbons (Fsp3) is 0.200. The maximum Gasteiger partial charge on any atom is 0.128 e. The lowest BCUT2D eigenvalue weighted by molar-refractivity contribution is 0.482. The first kappa shape index (κ1) is 14.8. The van der Waals surface area contributed by atoms with Crippen molar-refractivity contribution in [1.29, 1.82) is 0 Å². The van der Waals surface area contributed by atoms with Gasteiger partial charge in [0, 0.05) is 14.6 Å². The van der Waals surface area contributed by atoms with Crippen LogP contribution in [0.25, 0.3) is 0 Å². The van der Waals surface area contributed by atoms with E-state index in [0.29, 0.717) is 0 Å². The molecule has 0 saturated carbocycles. The smallest absolute Gasteiger partial charge is 0.128 e. The summed E-state index contributed by atoms with van der Waals surface area (Å²) in [7, 11) is 0. The van der Waals surface area contributed by atoms with Crippen molar-refractivity contribution >= 4 is 38.5 Å². The van der Waals surface area contributed by atoms with Crippen molar-refractivity contribution in [2.75, 3.05) is 6.54 Å². The zero-order valence-corrected chi connectivity index (χ0v) is 14.4. The van der Waals surface area contributed by atoms with Crippen molar-refractivity contribution in [1.82, 2.24) is 5.32 Å². The third kappa shape index (κ3) is 4.47. The van der Waals surface area contributed by atoms with Crippen molar-refractivity contribution in [2.24, 2.45) is 0 Å². The number of hydrogen-bond acceptors (Lipinski definition) is 2. The molecule has 2 nitrogen and oxygen atoms in total. The highest BCUT2D eigenvalue weighted by Crippen LogP contribution is 2.27. The van der Waals surface area contributed by atoms with Gasteiger partial charge in [0.05, 0.1) is 0 Å². The van der Waals surface area contributed by atoms with E-state index in [1.807, 2.05) is 36.4 Å². The third-order valence-electron chi connectivity index (χ3n) is 2.64. The minimum atomic E-state index is 0.841. The van der Waals surface area contributed by atoms with E-state index in [0.717, 1.165) is 29.1 Å². The average molecular weight is 432 g/mol. The van der Waals surface area contributed by atoms with E-state index in [4.69, 9.17) is 4.74 Å². The van der Waals surface area contributed by atoms with Gasteiger partial charge in [-0.1, -0.05) is 28.9 Å². The molecule has 2 aromatic rings. The lowest BCUT2D eigenvalue weighted by Gasteiger charge is -2.09. The van der Waals surface area contributed by atoms with Gasteiger partial charge < -0.3 is 10.1 Å². The first-order valence-corrected chi connectivity index (χ1v) is 7.99. The Morgan fingerprint density at radius 3 is 2.42 bits per heavy atom. The summed E-state index contributed by atoms with van der Waals surface area (Å²) in [5.41, 5.74) is 1.23. The van der Waals surface area contributed by atoms with Crippen molar-refractivity contribution < 1.29 is 4.74 Å². The first-order chi connectivity index (χ1) is 9.19. The molecular weight excluding hydrogens is 417 g/mol. The van der Waals surface area contributed by atoms with Gasteiger partial charge >= 0.3 is 0 Å². The molecule has 0 unspecified atom stereocenters. The van der Waals surface area contributed by atoms with Crippen LogP contribution in [0.4, 0.5) is 0 Å². The highest BCUT2D eigenvalue weighted by molar-refractivity contribution is 14.1. The lowest BCUT2D eigenvalue weighted by atomic mass is 10.2. The molecule has 0 radical (unpaired) electrons. The zero-order chi connectivity index (χ0) is 13.7. The van der Waals surface area contributed by atoms with Gasteiger partial charge in [0.25, 0.3) is 0 Å². The summed E-state index contributed by atoms with van der Waals surface area (Å²) in [4.78, 5) is 0. The van der Waals surface area contributed by atoms with E-state index in [1.165, 1.54) is 9.13 Å². The van der Waals surface area contributed by atoms with Crippen molar-refractivity contribution in [3.05, 3.63) is 56.1 Å². The molecule has 0 aromatic heterocycles. The molecule has 0 atom stereocenters. The number of nitrogens with one attached hydrogen (secondary N) is 1. The molecular formula is C15H15BrINO. The number of halogens is 2. The Morgan fingerprint density at radius 2 is 1.79 bits per heavy atom. The van der Waals surface area contributed by atoms with Gasteiger partial charge in [0.2, 0.25) is 0 Å². The van der Waals surface area contributed by atoms with Crippen molar-refractivity contribution in [3.63, 3.8) is 0 Å². The van der Waals surface area contributed by atoms with Gasteiger partial charge in [-0.25, -0.2) is 0 Å². The third-order valence-corrected chi connectivity index (χ3v) is 4.10. The van der Waals surface area contributed by atoms with Gasteiger partial charge in [0.15, 0.2) is 0 Å². The molecule has 0 aliphatic carbocycles. The van der Waals surface area contributed by atoms with Crippen LogP contribution in [-0.2, 0) is 6.54 Å². The van der Waals surface area contributed by atoms with E-state index < -0.39 is 0 Å². The lowest BCUT2D eigenvalue weighted by Crippen LogP contribution is -2.11. The molecule has 0 spiro atoms. The predicted octanol–water partition coefficient (Wildman–Crippen LogP) is 4.96. The summed E-state index contributed by atoms with van der Waals surface area (Å²) >= 11 is 5.86. The fourth-order valence-corrected chi connectivity index (χ4v) is 2.49. The molecule has 100 valence electrons. The Morgan fingerprint density at radius 1 is 1.11 bits per heavy atom. The molecule has 0 saturated heterocycles. The van der Waals surface area contributed by atoms with Crippen LogP contribution >= 0.6 is 38.5 Å². The van der Waals surface area contributed by atoms with Gasteiger partial charge in [0.1, 0.15) is 11.5 Å². The summed E-state index contributed by atoms with van der Waals surface area (Å²) in [5.74, 6) is 1.69. The molecule has 0 fully saturated rings. The predicted molar refractivity (Wildman–Crippen MR) is 90.8 cm³/mol. The molecule has 19 heavy (non-hydrogen) atoms. The number of rotatable bonds is 5. The van der Waals surface area contributed by atoms with E-state index in [9.17, 15) is 0 Å². The van der Waals surface area contributed by atoms with Crippen molar-refractivity contribution in [3.8, 4) is 11.5 Å². The highest BCUT2D eigenvalue weighted by atomic mass is 127. The van der Waals surface area contributed by atoms with E-state index in [-0.39, 0.29) is 0 Å². The van der Waals surface area contributed by atoms with Crippen LogP contribution in [0.2, 0.25) is 0 Å². The number of benzene rings is 2. The summed E-state index contributed by atoms with van der Waals surface area (Å²) in [6.07, 6.45) is 0. The van der Waals surface area contributed by atoms with Gasteiger partial charge in [-0.3, -0.25) is 0 Å². The molecule has 4 heteroatoms. The standard InChI is InChI=1S/C15H15BrINO/c1-2-18-10-11-3-6-14(9-15(11)16)19-13-7-4-12(17)5-8-13/h3-9,18H,2,10H2,1H3. The minimum Gasteiger partial charge on any atom is -0.457 e. The Hall–Kier alpha value is -0.590.